The van der Waals surface area contributed by atoms with Crippen molar-refractivity contribution in [2.24, 2.45) is 0 Å². The van der Waals surface area contributed by atoms with E-state index >= 15 is 0 Å². The van der Waals surface area contributed by atoms with Crippen molar-refractivity contribution in [3.63, 3.8) is 0 Å². The van der Waals surface area contributed by atoms with E-state index in [-0.39, 0.29) is 6.61 Å². The van der Waals surface area contributed by atoms with E-state index < -0.39 is 12.0 Å². The molecular weight excluding hydrogens is 492 g/mol. The summed E-state index contributed by atoms with van der Waals surface area (Å²) < 4.78 is 18.9. The third kappa shape index (κ3) is 4.88. The predicted molar refractivity (Wildman–Crippen MR) is 141 cm³/mol. The van der Waals surface area contributed by atoms with Gasteiger partial charge in [0.1, 0.15) is 19.0 Å². The van der Waals surface area contributed by atoms with Crippen molar-refractivity contribution in [1.29, 1.82) is 0 Å². The first-order valence-electron chi connectivity index (χ1n) is 11.8. The van der Waals surface area contributed by atoms with Gasteiger partial charge in [-0.3, -0.25) is 0 Å². The number of carbonyl (C=O) groups excluding carboxylic acids is 1. The van der Waals surface area contributed by atoms with Crippen LogP contribution in [-0.4, -0.2) is 34.5 Å². The van der Waals surface area contributed by atoms with Gasteiger partial charge >= 0.3 is 5.97 Å². The predicted octanol–water partition coefficient (Wildman–Crippen LogP) is 5.51. The number of esters is 1. The number of nitrogens with one attached hydrogen (secondary N) is 1. The van der Waals surface area contributed by atoms with Crippen LogP contribution in [-0.2, 0) is 16.1 Å². The molecule has 1 N–H and O–H groups in total. The van der Waals surface area contributed by atoms with E-state index in [0.29, 0.717) is 40.3 Å². The monoisotopic (exact) mass is 516 g/mol. The highest BCUT2D eigenvalue weighted by Gasteiger charge is 2.36. The van der Waals surface area contributed by atoms with Crippen LogP contribution in [0.25, 0.3) is 5.70 Å². The van der Waals surface area contributed by atoms with Crippen LogP contribution in [0.2, 0.25) is 5.02 Å². The van der Waals surface area contributed by atoms with Gasteiger partial charge in [-0.05, 0) is 36.2 Å². The van der Waals surface area contributed by atoms with Crippen LogP contribution in [0.3, 0.4) is 0 Å². The minimum Gasteiger partial charge on any atom is -0.490 e. The highest BCUT2D eigenvalue weighted by molar-refractivity contribution is 6.31. The van der Waals surface area contributed by atoms with Crippen molar-refractivity contribution in [2.75, 3.05) is 19.0 Å². The fourth-order valence-corrected chi connectivity index (χ4v) is 4.47. The van der Waals surface area contributed by atoms with Crippen LogP contribution < -0.4 is 14.8 Å². The smallest absolute Gasteiger partial charge is 0.338 e. The molecule has 3 aromatic carbocycles. The summed E-state index contributed by atoms with van der Waals surface area (Å²) >= 11 is 6.30. The summed E-state index contributed by atoms with van der Waals surface area (Å²) in [4.78, 5) is 17.5. The zero-order valence-electron chi connectivity index (χ0n) is 20.3. The van der Waals surface area contributed by atoms with Crippen LogP contribution in [0.15, 0.2) is 84.7 Å². The quantitative estimate of drug-likeness (QED) is 0.309. The van der Waals surface area contributed by atoms with E-state index in [9.17, 15) is 4.79 Å². The Morgan fingerprint density at radius 1 is 1.03 bits per heavy atom. The van der Waals surface area contributed by atoms with Crippen LogP contribution in [0, 0.1) is 0 Å². The minimum atomic E-state index is -0.613. The van der Waals surface area contributed by atoms with Crippen molar-refractivity contribution in [1.82, 2.24) is 14.8 Å². The average Bonchev–Trinajstić information content (AvgIpc) is 3.41. The van der Waals surface area contributed by atoms with E-state index in [2.05, 4.69) is 15.4 Å². The minimum absolute atomic E-state index is 0.283. The highest BCUT2D eigenvalue weighted by atomic mass is 35.5. The maximum atomic E-state index is 13.2. The molecule has 0 fully saturated rings. The van der Waals surface area contributed by atoms with Crippen molar-refractivity contribution >= 4 is 29.2 Å². The van der Waals surface area contributed by atoms with Gasteiger partial charge in [0.2, 0.25) is 5.95 Å². The Kier molecular flexibility index (Phi) is 7.09. The van der Waals surface area contributed by atoms with E-state index in [4.69, 9.17) is 25.8 Å². The molecule has 1 aromatic heterocycles. The standard InChI is InChI=1S/C28H25ClN4O4/c1-3-36-23-15-19(13-14-22(23)37-16-20-11-7-8-12-21(20)29)26-24(27(34)35-2)25(18-9-5-4-6-10-18)32-28-30-17-31-33(26)28/h4-15,17,26H,3,16H2,1-2H3,(H,30,31,32)/t26-/m0/s1. The van der Waals surface area contributed by atoms with E-state index in [0.717, 1.165) is 16.7 Å². The van der Waals surface area contributed by atoms with E-state index in [1.165, 1.54) is 13.4 Å². The molecule has 5 rings (SSSR count). The molecule has 4 aromatic rings. The SMILES string of the molecule is CCOc1cc([C@H]2C(C(=O)OC)=C(c3ccccc3)Nc3ncnn32)ccc1OCc1ccccc1Cl. The van der Waals surface area contributed by atoms with Gasteiger partial charge in [0.25, 0.3) is 0 Å². The van der Waals surface area contributed by atoms with Gasteiger partial charge in [0.15, 0.2) is 11.5 Å². The molecule has 0 bridgehead atoms. The Hall–Kier alpha value is -4.30. The van der Waals surface area contributed by atoms with Crippen molar-refractivity contribution in [2.45, 2.75) is 19.6 Å². The molecule has 0 radical (unpaired) electrons. The number of rotatable bonds is 8. The Morgan fingerprint density at radius 2 is 1.81 bits per heavy atom. The maximum Gasteiger partial charge on any atom is 0.338 e. The fraction of sp³-hybridized carbons (Fsp3) is 0.179. The number of halogens is 1. The van der Waals surface area contributed by atoms with Gasteiger partial charge in [0.05, 0.1) is 25.0 Å². The lowest BCUT2D eigenvalue weighted by Crippen LogP contribution is -2.29. The van der Waals surface area contributed by atoms with Gasteiger partial charge in [0, 0.05) is 10.6 Å². The Balaban J connectivity index is 1.59. The molecule has 1 atom stereocenters. The summed E-state index contributed by atoms with van der Waals surface area (Å²) in [5.41, 5.74) is 3.46. The molecule has 0 saturated carbocycles. The molecular formula is C28H25ClN4O4. The summed E-state index contributed by atoms with van der Waals surface area (Å²) in [6, 6.07) is 22.1. The number of methoxy groups -OCH3 is 1. The molecule has 9 heteroatoms. The van der Waals surface area contributed by atoms with Crippen LogP contribution in [0.5, 0.6) is 11.5 Å². The molecule has 8 nitrogen and oxygen atoms in total. The lowest BCUT2D eigenvalue weighted by atomic mass is 9.92. The van der Waals surface area contributed by atoms with Crippen molar-refractivity contribution in [3.05, 3.63) is 106 Å². The fourth-order valence-electron chi connectivity index (χ4n) is 4.28. The molecule has 1 aliphatic rings. The molecule has 188 valence electrons. The number of benzene rings is 3. The summed E-state index contributed by atoms with van der Waals surface area (Å²) in [5, 5.41) is 8.29. The van der Waals surface area contributed by atoms with Crippen molar-refractivity contribution < 1.29 is 19.0 Å². The number of nitrogens with zero attached hydrogens (tertiary/aromatic N) is 3. The Morgan fingerprint density at radius 3 is 2.57 bits per heavy atom. The van der Waals surface area contributed by atoms with Gasteiger partial charge in [-0.15, -0.1) is 0 Å². The second-order valence-corrected chi connectivity index (χ2v) is 8.63. The summed E-state index contributed by atoms with van der Waals surface area (Å²) in [5.74, 6) is 1.13. The number of hydrogen-bond donors (Lipinski definition) is 1. The van der Waals surface area contributed by atoms with Crippen LogP contribution >= 0.6 is 11.6 Å². The summed E-state index contributed by atoms with van der Waals surface area (Å²) in [7, 11) is 1.36. The summed E-state index contributed by atoms with van der Waals surface area (Å²) in [6.45, 7) is 2.62. The first-order chi connectivity index (χ1) is 18.1. The van der Waals surface area contributed by atoms with Crippen LogP contribution in [0.1, 0.15) is 29.7 Å². The molecule has 0 unspecified atom stereocenters. The average molecular weight is 517 g/mol. The second kappa shape index (κ2) is 10.8. The number of ether oxygens (including phenoxy) is 3. The van der Waals surface area contributed by atoms with E-state index in [1.54, 1.807) is 4.68 Å². The van der Waals surface area contributed by atoms with Crippen LogP contribution in [0.4, 0.5) is 5.95 Å². The lowest BCUT2D eigenvalue weighted by Gasteiger charge is -2.29. The third-order valence-corrected chi connectivity index (χ3v) is 6.36. The number of fused-ring (bicyclic) bond motifs is 1. The van der Waals surface area contributed by atoms with Gasteiger partial charge in [-0.1, -0.05) is 66.2 Å². The zero-order valence-corrected chi connectivity index (χ0v) is 21.1. The molecule has 37 heavy (non-hydrogen) atoms. The zero-order chi connectivity index (χ0) is 25.8. The maximum absolute atomic E-state index is 13.2. The molecule has 0 aliphatic carbocycles. The molecule has 0 amide bonds. The second-order valence-electron chi connectivity index (χ2n) is 8.22. The molecule has 2 heterocycles. The third-order valence-electron chi connectivity index (χ3n) is 5.99. The largest absolute Gasteiger partial charge is 0.490 e. The van der Waals surface area contributed by atoms with E-state index in [1.807, 2.05) is 79.7 Å². The first kappa shape index (κ1) is 24.4. The first-order valence-corrected chi connectivity index (χ1v) is 12.2. The highest BCUT2D eigenvalue weighted by Crippen LogP contribution is 2.41. The topological polar surface area (TPSA) is 87.5 Å². The van der Waals surface area contributed by atoms with Gasteiger partial charge in [-0.2, -0.15) is 10.1 Å². The Bertz CT molecular complexity index is 1450. The van der Waals surface area contributed by atoms with Gasteiger partial charge in [-0.25, -0.2) is 9.48 Å². The summed E-state index contributed by atoms with van der Waals surface area (Å²) in [6.07, 6.45) is 1.45. The normalized spacial score (nSPS) is 14.5. The number of hydrogen-bond acceptors (Lipinski definition) is 7. The molecule has 0 saturated heterocycles. The van der Waals surface area contributed by atoms with Gasteiger partial charge < -0.3 is 19.5 Å². The Labute approximate surface area is 219 Å². The number of aromatic nitrogens is 3. The number of anilines is 1. The lowest BCUT2D eigenvalue weighted by molar-refractivity contribution is -0.136. The van der Waals surface area contributed by atoms with Crippen molar-refractivity contribution in [3.8, 4) is 11.5 Å². The molecule has 1 aliphatic heterocycles. The number of carbonyl (C=O) groups is 1. The molecule has 0 spiro atoms.